The maximum Gasteiger partial charge on any atom is 0.230 e. The van der Waals surface area contributed by atoms with Gasteiger partial charge in [0.1, 0.15) is 5.82 Å². The highest BCUT2D eigenvalue weighted by atomic mass is 16.2. The van der Waals surface area contributed by atoms with Crippen molar-refractivity contribution >= 4 is 17.6 Å². The lowest BCUT2D eigenvalue weighted by atomic mass is 9.92. The van der Waals surface area contributed by atoms with Crippen molar-refractivity contribution < 1.29 is 9.59 Å². The van der Waals surface area contributed by atoms with Gasteiger partial charge in [0, 0.05) is 25.2 Å². The van der Waals surface area contributed by atoms with Gasteiger partial charge in [-0.25, -0.2) is 4.98 Å². The van der Waals surface area contributed by atoms with E-state index in [2.05, 4.69) is 15.6 Å². The summed E-state index contributed by atoms with van der Waals surface area (Å²) in [5.74, 6) is 1.28. The number of anilines is 1. The SMILES string of the molecule is Cc1cccc(NC(=O)C2CCCN(C(=O)CCC3CCNCC3)C2)n1. The zero-order valence-electron chi connectivity index (χ0n) is 15.7. The van der Waals surface area contributed by atoms with E-state index >= 15 is 0 Å². The minimum Gasteiger partial charge on any atom is -0.342 e. The average molecular weight is 358 g/mol. The molecule has 1 atom stereocenters. The van der Waals surface area contributed by atoms with Crippen LogP contribution in [0, 0.1) is 18.8 Å². The quantitative estimate of drug-likeness (QED) is 0.847. The number of aryl methyl sites for hydroxylation is 1. The molecule has 3 heterocycles. The summed E-state index contributed by atoms with van der Waals surface area (Å²) in [5.41, 5.74) is 0.876. The summed E-state index contributed by atoms with van der Waals surface area (Å²) >= 11 is 0. The molecule has 0 saturated carbocycles. The molecular weight excluding hydrogens is 328 g/mol. The van der Waals surface area contributed by atoms with Gasteiger partial charge in [-0.3, -0.25) is 9.59 Å². The number of hydrogen-bond donors (Lipinski definition) is 2. The lowest BCUT2D eigenvalue weighted by Gasteiger charge is -2.32. The van der Waals surface area contributed by atoms with Crippen LogP contribution in [0.4, 0.5) is 5.82 Å². The first-order valence-corrected chi connectivity index (χ1v) is 9.85. The van der Waals surface area contributed by atoms with Crippen LogP contribution in [0.1, 0.15) is 44.2 Å². The van der Waals surface area contributed by atoms with Crippen LogP contribution < -0.4 is 10.6 Å². The van der Waals surface area contributed by atoms with Crippen LogP contribution in [0.3, 0.4) is 0 Å². The number of rotatable bonds is 5. The van der Waals surface area contributed by atoms with Gasteiger partial charge in [0.25, 0.3) is 0 Å². The van der Waals surface area contributed by atoms with Crippen LogP contribution in [0.15, 0.2) is 18.2 Å². The number of carbonyl (C=O) groups excluding carboxylic acids is 2. The minimum absolute atomic E-state index is 0.0287. The zero-order valence-corrected chi connectivity index (χ0v) is 15.7. The first-order chi connectivity index (χ1) is 12.6. The molecule has 1 aromatic rings. The highest BCUT2D eigenvalue weighted by Gasteiger charge is 2.29. The molecule has 6 nitrogen and oxygen atoms in total. The first kappa shape index (κ1) is 18.8. The fourth-order valence-electron chi connectivity index (χ4n) is 3.91. The van der Waals surface area contributed by atoms with E-state index < -0.39 is 0 Å². The van der Waals surface area contributed by atoms with Gasteiger partial charge in [-0.1, -0.05) is 6.07 Å². The van der Waals surface area contributed by atoms with Gasteiger partial charge < -0.3 is 15.5 Å². The van der Waals surface area contributed by atoms with Crippen LogP contribution in [0.2, 0.25) is 0 Å². The maximum atomic E-state index is 12.6. The molecule has 0 aromatic carbocycles. The molecule has 2 aliphatic rings. The van der Waals surface area contributed by atoms with E-state index in [1.54, 1.807) is 6.07 Å². The number of pyridine rings is 1. The molecule has 0 spiro atoms. The third-order valence-electron chi connectivity index (χ3n) is 5.51. The van der Waals surface area contributed by atoms with Crippen molar-refractivity contribution in [3.63, 3.8) is 0 Å². The van der Waals surface area contributed by atoms with E-state index in [-0.39, 0.29) is 17.7 Å². The van der Waals surface area contributed by atoms with Gasteiger partial charge in [-0.2, -0.15) is 0 Å². The normalized spacial score (nSPS) is 21.4. The molecule has 1 unspecified atom stereocenters. The van der Waals surface area contributed by atoms with Crippen LogP contribution in [0.25, 0.3) is 0 Å². The van der Waals surface area contributed by atoms with Crippen molar-refractivity contribution in [2.45, 2.75) is 45.4 Å². The van der Waals surface area contributed by atoms with Gasteiger partial charge in [-0.15, -0.1) is 0 Å². The Hall–Kier alpha value is -1.95. The van der Waals surface area contributed by atoms with Crippen molar-refractivity contribution in [3.05, 3.63) is 23.9 Å². The second kappa shape index (κ2) is 9.12. The third-order valence-corrected chi connectivity index (χ3v) is 5.51. The number of carbonyl (C=O) groups is 2. The number of aromatic nitrogens is 1. The Morgan fingerprint density at radius 3 is 2.85 bits per heavy atom. The maximum absolute atomic E-state index is 12.6. The van der Waals surface area contributed by atoms with Gasteiger partial charge in [0.05, 0.1) is 5.92 Å². The largest absolute Gasteiger partial charge is 0.342 e. The van der Waals surface area contributed by atoms with E-state index in [4.69, 9.17) is 0 Å². The minimum atomic E-state index is -0.145. The smallest absolute Gasteiger partial charge is 0.230 e. The van der Waals surface area contributed by atoms with E-state index in [1.807, 2.05) is 24.0 Å². The number of piperidine rings is 2. The monoisotopic (exact) mass is 358 g/mol. The van der Waals surface area contributed by atoms with Gasteiger partial charge in [-0.05, 0) is 70.2 Å². The Balaban J connectivity index is 1.48. The lowest BCUT2D eigenvalue weighted by molar-refractivity contribution is -0.134. The van der Waals surface area contributed by atoms with E-state index in [0.717, 1.165) is 44.6 Å². The Bertz CT molecular complexity index is 628. The standard InChI is InChI=1S/C20H30N4O2/c1-15-4-2-6-18(22-15)23-20(26)17-5-3-13-24(14-17)19(25)8-7-16-9-11-21-12-10-16/h2,4,6,16-17,21H,3,5,7-14H2,1H3,(H,22,23,26). The van der Waals surface area contributed by atoms with Crippen molar-refractivity contribution in [1.29, 1.82) is 0 Å². The molecule has 2 amide bonds. The topological polar surface area (TPSA) is 74.3 Å². The second-order valence-electron chi connectivity index (χ2n) is 7.56. The fourth-order valence-corrected chi connectivity index (χ4v) is 3.91. The summed E-state index contributed by atoms with van der Waals surface area (Å²) in [6, 6.07) is 5.59. The number of hydrogen-bond acceptors (Lipinski definition) is 4. The van der Waals surface area contributed by atoms with Crippen LogP contribution in [-0.4, -0.2) is 47.9 Å². The average Bonchev–Trinajstić information content (AvgIpc) is 2.67. The number of nitrogens with one attached hydrogen (secondary N) is 2. The molecule has 2 aliphatic heterocycles. The molecule has 2 saturated heterocycles. The van der Waals surface area contributed by atoms with Crippen LogP contribution in [-0.2, 0) is 9.59 Å². The number of amides is 2. The molecule has 6 heteroatoms. The van der Waals surface area contributed by atoms with E-state index in [0.29, 0.717) is 24.7 Å². The highest BCUT2D eigenvalue weighted by Crippen LogP contribution is 2.22. The molecule has 26 heavy (non-hydrogen) atoms. The Morgan fingerprint density at radius 2 is 2.08 bits per heavy atom. The molecular formula is C20H30N4O2. The molecule has 2 fully saturated rings. The number of nitrogens with zero attached hydrogens (tertiary/aromatic N) is 2. The molecule has 0 aliphatic carbocycles. The van der Waals surface area contributed by atoms with Gasteiger partial charge in [0.2, 0.25) is 11.8 Å². The molecule has 1 aromatic heterocycles. The fraction of sp³-hybridized carbons (Fsp3) is 0.650. The molecule has 3 rings (SSSR count). The third kappa shape index (κ3) is 5.27. The predicted octanol–water partition coefficient (Wildman–Crippen LogP) is 2.35. The Labute approximate surface area is 155 Å². The molecule has 142 valence electrons. The number of likely N-dealkylation sites (tertiary alicyclic amines) is 1. The first-order valence-electron chi connectivity index (χ1n) is 9.85. The summed E-state index contributed by atoms with van der Waals surface area (Å²) < 4.78 is 0. The van der Waals surface area contributed by atoms with Gasteiger partial charge >= 0.3 is 0 Å². The van der Waals surface area contributed by atoms with E-state index in [1.165, 1.54) is 12.8 Å². The van der Waals surface area contributed by atoms with E-state index in [9.17, 15) is 9.59 Å². The summed E-state index contributed by atoms with van der Waals surface area (Å²) in [6.07, 6.45) is 5.64. The van der Waals surface area contributed by atoms with Crippen molar-refractivity contribution in [1.82, 2.24) is 15.2 Å². The summed E-state index contributed by atoms with van der Waals surface area (Å²) in [7, 11) is 0. The highest BCUT2D eigenvalue weighted by molar-refractivity contribution is 5.92. The second-order valence-corrected chi connectivity index (χ2v) is 7.56. The summed E-state index contributed by atoms with van der Waals surface area (Å²) in [6.45, 7) is 5.34. The van der Waals surface area contributed by atoms with Crippen LogP contribution >= 0.6 is 0 Å². The van der Waals surface area contributed by atoms with Gasteiger partial charge in [0.15, 0.2) is 0 Å². The Morgan fingerprint density at radius 1 is 1.27 bits per heavy atom. The molecule has 2 N–H and O–H groups in total. The molecule has 0 bridgehead atoms. The van der Waals surface area contributed by atoms with Crippen molar-refractivity contribution in [2.75, 3.05) is 31.5 Å². The predicted molar refractivity (Wildman–Crippen MR) is 102 cm³/mol. The Kier molecular flexibility index (Phi) is 6.61. The summed E-state index contributed by atoms with van der Waals surface area (Å²) in [4.78, 5) is 31.3. The summed E-state index contributed by atoms with van der Waals surface area (Å²) in [5, 5.41) is 6.26. The van der Waals surface area contributed by atoms with Crippen molar-refractivity contribution in [3.8, 4) is 0 Å². The lowest BCUT2D eigenvalue weighted by Crippen LogP contribution is -2.44. The zero-order chi connectivity index (χ0) is 18.4. The van der Waals surface area contributed by atoms with Crippen LogP contribution in [0.5, 0.6) is 0 Å². The van der Waals surface area contributed by atoms with Crippen molar-refractivity contribution in [2.24, 2.45) is 11.8 Å². The molecule has 0 radical (unpaired) electrons.